The molecule has 0 aliphatic carbocycles. The van der Waals surface area contributed by atoms with Crippen LogP contribution in [0, 0.1) is 17.0 Å². The van der Waals surface area contributed by atoms with Crippen LogP contribution in [0.2, 0.25) is 0 Å². The van der Waals surface area contributed by atoms with Gasteiger partial charge in [-0.1, -0.05) is 0 Å². The van der Waals surface area contributed by atoms with E-state index in [2.05, 4.69) is 12.6 Å². The van der Waals surface area contributed by atoms with Crippen molar-refractivity contribution in [3.05, 3.63) is 33.2 Å². The Kier molecular flexibility index (Phi) is 2.20. The first-order valence-electron chi connectivity index (χ1n) is 3.96. The van der Waals surface area contributed by atoms with Gasteiger partial charge in [0.1, 0.15) is 0 Å². The number of rotatable bonds is 1. The number of thiol groups is 1. The van der Waals surface area contributed by atoms with E-state index >= 15 is 0 Å². The van der Waals surface area contributed by atoms with Gasteiger partial charge in [-0.3, -0.25) is 10.1 Å². The zero-order valence-corrected chi connectivity index (χ0v) is 9.06. The number of thiophene rings is 1. The molecule has 2 aromatic rings. The number of nitro groups is 1. The fraction of sp³-hybridized carbons (Fsp3) is 0.111. The largest absolute Gasteiger partial charge is 0.291 e. The molecule has 0 spiro atoms. The molecule has 0 fully saturated rings. The van der Waals surface area contributed by atoms with Crippen LogP contribution >= 0.6 is 24.0 Å². The number of hydrogen-bond acceptors (Lipinski definition) is 4. The summed E-state index contributed by atoms with van der Waals surface area (Å²) in [7, 11) is 0. The number of aryl methyl sites for hydroxylation is 1. The first-order chi connectivity index (χ1) is 6.59. The van der Waals surface area contributed by atoms with Crippen molar-refractivity contribution in [1.29, 1.82) is 0 Å². The number of fused-ring (bicyclic) bond motifs is 1. The van der Waals surface area contributed by atoms with E-state index < -0.39 is 0 Å². The maximum absolute atomic E-state index is 10.8. The highest BCUT2D eigenvalue weighted by Gasteiger charge is 2.17. The van der Waals surface area contributed by atoms with Crippen LogP contribution in [-0.4, -0.2) is 4.92 Å². The smallest absolute Gasteiger partial charge is 0.258 e. The monoisotopic (exact) mass is 225 g/mol. The molecule has 0 amide bonds. The van der Waals surface area contributed by atoms with E-state index in [0.717, 1.165) is 9.58 Å². The SMILES string of the molecule is Cc1cc2c([N+](=O)[O-])c(S)ccc2s1. The molecular weight excluding hydrogens is 218 g/mol. The number of nitro benzene ring substituents is 1. The Morgan fingerprint density at radius 3 is 2.86 bits per heavy atom. The van der Waals surface area contributed by atoms with Gasteiger partial charge in [0.25, 0.3) is 5.69 Å². The summed E-state index contributed by atoms with van der Waals surface area (Å²) < 4.78 is 0.937. The molecule has 2 rings (SSSR count). The molecule has 0 aliphatic heterocycles. The average molecular weight is 225 g/mol. The van der Waals surface area contributed by atoms with E-state index in [0.29, 0.717) is 10.3 Å². The van der Waals surface area contributed by atoms with Crippen LogP contribution in [-0.2, 0) is 0 Å². The topological polar surface area (TPSA) is 43.1 Å². The van der Waals surface area contributed by atoms with Crippen LogP contribution in [0.1, 0.15) is 4.88 Å². The third-order valence-corrected chi connectivity index (χ3v) is 3.33. The van der Waals surface area contributed by atoms with Crippen molar-refractivity contribution in [3.8, 4) is 0 Å². The Hall–Kier alpha value is -1.07. The summed E-state index contributed by atoms with van der Waals surface area (Å²) in [5.41, 5.74) is 0.107. The minimum absolute atomic E-state index is 0.107. The van der Waals surface area contributed by atoms with E-state index in [1.165, 1.54) is 0 Å². The Morgan fingerprint density at radius 2 is 2.21 bits per heavy atom. The summed E-state index contributed by atoms with van der Waals surface area (Å²) in [4.78, 5) is 11.9. The molecule has 3 nitrogen and oxygen atoms in total. The van der Waals surface area contributed by atoms with E-state index in [-0.39, 0.29) is 10.6 Å². The molecule has 0 atom stereocenters. The van der Waals surface area contributed by atoms with Crippen LogP contribution in [0.4, 0.5) is 5.69 Å². The van der Waals surface area contributed by atoms with E-state index in [9.17, 15) is 10.1 Å². The molecule has 14 heavy (non-hydrogen) atoms. The summed E-state index contributed by atoms with van der Waals surface area (Å²) in [5.74, 6) is 0. The zero-order valence-electron chi connectivity index (χ0n) is 7.35. The minimum Gasteiger partial charge on any atom is -0.258 e. The van der Waals surface area contributed by atoms with Crippen molar-refractivity contribution in [2.24, 2.45) is 0 Å². The van der Waals surface area contributed by atoms with Gasteiger partial charge in [0.2, 0.25) is 0 Å². The summed E-state index contributed by atoms with van der Waals surface area (Å²) in [6, 6.07) is 5.36. The fourth-order valence-corrected chi connectivity index (χ4v) is 2.61. The van der Waals surface area contributed by atoms with Crippen molar-refractivity contribution in [3.63, 3.8) is 0 Å². The van der Waals surface area contributed by atoms with Gasteiger partial charge in [0, 0.05) is 9.58 Å². The summed E-state index contributed by atoms with van der Waals surface area (Å²) >= 11 is 5.64. The average Bonchev–Trinajstić information content (AvgIpc) is 2.43. The third-order valence-electron chi connectivity index (χ3n) is 1.96. The zero-order chi connectivity index (χ0) is 10.3. The van der Waals surface area contributed by atoms with Gasteiger partial charge >= 0.3 is 0 Å². The number of nitrogens with zero attached hydrogens (tertiary/aromatic N) is 1. The highest BCUT2D eigenvalue weighted by Crippen LogP contribution is 2.36. The van der Waals surface area contributed by atoms with Crippen LogP contribution in [0.25, 0.3) is 10.1 Å². The highest BCUT2D eigenvalue weighted by atomic mass is 32.1. The first kappa shape index (κ1) is 9.48. The number of hydrogen-bond donors (Lipinski definition) is 1. The maximum atomic E-state index is 10.8. The van der Waals surface area contributed by atoms with Gasteiger partial charge in [-0.15, -0.1) is 24.0 Å². The van der Waals surface area contributed by atoms with Gasteiger partial charge in [0.05, 0.1) is 15.2 Å². The van der Waals surface area contributed by atoms with E-state index in [4.69, 9.17) is 0 Å². The van der Waals surface area contributed by atoms with Crippen molar-refractivity contribution in [2.45, 2.75) is 11.8 Å². The molecule has 0 unspecified atom stereocenters. The van der Waals surface area contributed by atoms with Crippen LogP contribution in [0.15, 0.2) is 23.1 Å². The molecule has 1 aromatic heterocycles. The van der Waals surface area contributed by atoms with Gasteiger partial charge in [0.15, 0.2) is 0 Å². The van der Waals surface area contributed by atoms with Gasteiger partial charge in [-0.05, 0) is 25.1 Å². The standard InChI is InChI=1S/C9H7NO2S2/c1-5-4-6-8(14-5)3-2-7(13)9(6)10(11)12/h2-4,13H,1H3. The molecule has 0 bridgehead atoms. The van der Waals surface area contributed by atoms with Crippen molar-refractivity contribution >= 4 is 39.7 Å². The van der Waals surface area contributed by atoms with E-state index in [1.54, 1.807) is 17.4 Å². The molecule has 72 valence electrons. The fourth-order valence-electron chi connectivity index (χ4n) is 1.40. The molecule has 0 aliphatic rings. The minimum atomic E-state index is -0.378. The quantitative estimate of drug-likeness (QED) is 0.459. The van der Waals surface area contributed by atoms with Crippen molar-refractivity contribution in [1.82, 2.24) is 0 Å². The predicted molar refractivity (Wildman–Crippen MR) is 60.5 cm³/mol. The second-order valence-corrected chi connectivity index (χ2v) is 4.73. The second-order valence-electron chi connectivity index (χ2n) is 2.96. The summed E-state index contributed by atoms with van der Waals surface area (Å²) in [5, 5.41) is 11.5. The van der Waals surface area contributed by atoms with Crippen LogP contribution < -0.4 is 0 Å². The molecule has 0 N–H and O–H groups in total. The van der Waals surface area contributed by atoms with Crippen LogP contribution in [0.5, 0.6) is 0 Å². The molecule has 0 saturated heterocycles. The van der Waals surface area contributed by atoms with Gasteiger partial charge in [-0.25, -0.2) is 0 Å². The Balaban J connectivity index is 2.88. The molecular formula is C9H7NO2S2. The Labute approximate surface area is 89.9 Å². The predicted octanol–water partition coefficient (Wildman–Crippen LogP) is 3.41. The number of benzene rings is 1. The van der Waals surface area contributed by atoms with Gasteiger partial charge in [-0.2, -0.15) is 0 Å². The lowest BCUT2D eigenvalue weighted by molar-refractivity contribution is -0.385. The summed E-state index contributed by atoms with van der Waals surface area (Å²) in [6.07, 6.45) is 0. The van der Waals surface area contributed by atoms with Gasteiger partial charge < -0.3 is 0 Å². The van der Waals surface area contributed by atoms with Crippen molar-refractivity contribution in [2.75, 3.05) is 0 Å². The lowest BCUT2D eigenvalue weighted by Crippen LogP contribution is -1.89. The lowest BCUT2D eigenvalue weighted by atomic mass is 10.2. The molecule has 1 aromatic carbocycles. The normalized spacial score (nSPS) is 10.7. The maximum Gasteiger partial charge on any atom is 0.291 e. The molecule has 5 heteroatoms. The highest BCUT2D eigenvalue weighted by molar-refractivity contribution is 7.80. The van der Waals surface area contributed by atoms with E-state index in [1.807, 2.05) is 19.1 Å². The van der Waals surface area contributed by atoms with Crippen molar-refractivity contribution < 1.29 is 4.92 Å². The van der Waals surface area contributed by atoms with Crippen LogP contribution in [0.3, 0.4) is 0 Å². The lowest BCUT2D eigenvalue weighted by Gasteiger charge is -1.96. The summed E-state index contributed by atoms with van der Waals surface area (Å²) in [6.45, 7) is 1.94. The second kappa shape index (κ2) is 3.25. The third kappa shape index (κ3) is 1.38. The first-order valence-corrected chi connectivity index (χ1v) is 5.22. The molecule has 0 saturated carbocycles. The molecule has 0 radical (unpaired) electrons. The molecule has 1 heterocycles. The Bertz CT molecular complexity index is 519. The Morgan fingerprint density at radius 1 is 1.50 bits per heavy atom.